The average molecular weight is 411 g/mol. The molecule has 0 spiro atoms. The summed E-state index contributed by atoms with van der Waals surface area (Å²) in [5, 5.41) is 4.29. The number of carbonyl (C=O) groups is 1. The maximum atomic E-state index is 13.1. The van der Waals surface area contributed by atoms with Gasteiger partial charge in [-0.05, 0) is 68.5 Å². The summed E-state index contributed by atoms with van der Waals surface area (Å²) in [4.78, 5) is 17.7. The minimum absolute atomic E-state index is 0.208. The lowest BCUT2D eigenvalue weighted by Crippen LogP contribution is -2.43. The van der Waals surface area contributed by atoms with Crippen LogP contribution in [0.1, 0.15) is 37.7 Å². The highest BCUT2D eigenvalue weighted by Crippen LogP contribution is 2.32. The molecule has 2 aliphatic heterocycles. The Morgan fingerprint density at radius 1 is 1.07 bits per heavy atom. The first-order valence-electron chi connectivity index (χ1n) is 11.3. The number of nitrogens with zero attached hydrogens (tertiary/aromatic N) is 4. The molecule has 0 saturated carbocycles. The standard InChI is InChI=1S/C24H34N4O2/c1-30-18-17-27-13-3-2-5-23(24(27)29)21-10-15-26(16-11-21)19-20-6-8-22(9-7-20)28-14-4-12-25-28/h4,6-9,12,14,21,23H,2-3,5,10-11,13,15-19H2,1H3/t23-/m0/s1. The van der Waals surface area contributed by atoms with Gasteiger partial charge in [0.25, 0.3) is 0 Å². The first kappa shape index (κ1) is 21.1. The van der Waals surface area contributed by atoms with Crippen molar-refractivity contribution >= 4 is 5.91 Å². The van der Waals surface area contributed by atoms with Gasteiger partial charge in [0.15, 0.2) is 0 Å². The summed E-state index contributed by atoms with van der Waals surface area (Å²) in [6.07, 6.45) is 9.36. The van der Waals surface area contributed by atoms with E-state index in [9.17, 15) is 4.79 Å². The van der Waals surface area contributed by atoms with Gasteiger partial charge in [-0.15, -0.1) is 0 Å². The normalized spacial score (nSPS) is 21.7. The Morgan fingerprint density at radius 2 is 1.87 bits per heavy atom. The maximum Gasteiger partial charge on any atom is 0.226 e. The second-order valence-electron chi connectivity index (χ2n) is 8.65. The Bertz CT molecular complexity index is 782. The van der Waals surface area contributed by atoms with E-state index in [1.54, 1.807) is 13.3 Å². The van der Waals surface area contributed by atoms with Gasteiger partial charge in [-0.3, -0.25) is 9.69 Å². The van der Waals surface area contributed by atoms with E-state index in [4.69, 9.17) is 4.74 Å². The monoisotopic (exact) mass is 410 g/mol. The highest BCUT2D eigenvalue weighted by molar-refractivity contribution is 5.79. The van der Waals surface area contributed by atoms with Gasteiger partial charge in [-0.2, -0.15) is 5.10 Å². The summed E-state index contributed by atoms with van der Waals surface area (Å²) >= 11 is 0. The molecule has 30 heavy (non-hydrogen) atoms. The predicted octanol–water partition coefficient (Wildman–Crippen LogP) is 3.36. The molecule has 6 nitrogen and oxygen atoms in total. The van der Waals surface area contributed by atoms with Gasteiger partial charge < -0.3 is 9.64 Å². The van der Waals surface area contributed by atoms with Crippen LogP contribution in [-0.4, -0.2) is 65.4 Å². The molecule has 1 aromatic heterocycles. The molecule has 0 radical (unpaired) electrons. The summed E-state index contributed by atoms with van der Waals surface area (Å²) in [5.74, 6) is 1.11. The molecule has 3 heterocycles. The molecule has 6 heteroatoms. The zero-order chi connectivity index (χ0) is 20.8. The lowest BCUT2D eigenvalue weighted by atomic mass is 9.81. The molecule has 2 saturated heterocycles. The van der Waals surface area contributed by atoms with Crippen molar-refractivity contribution in [1.82, 2.24) is 19.6 Å². The molecule has 1 amide bonds. The zero-order valence-corrected chi connectivity index (χ0v) is 18.1. The Labute approximate surface area is 179 Å². The van der Waals surface area contributed by atoms with Crippen LogP contribution in [0.5, 0.6) is 0 Å². The third kappa shape index (κ3) is 5.10. The van der Waals surface area contributed by atoms with Gasteiger partial charge in [0.05, 0.1) is 12.3 Å². The summed E-state index contributed by atoms with van der Waals surface area (Å²) in [6, 6.07) is 10.6. The molecule has 162 valence electrons. The predicted molar refractivity (Wildman–Crippen MR) is 117 cm³/mol. The summed E-state index contributed by atoms with van der Waals surface area (Å²) in [6.45, 7) is 5.40. The Kier molecular flexibility index (Phi) is 7.18. The Balaban J connectivity index is 1.29. The number of piperidine rings is 1. The van der Waals surface area contributed by atoms with E-state index in [0.717, 1.165) is 64.1 Å². The smallest absolute Gasteiger partial charge is 0.226 e. The lowest BCUT2D eigenvalue weighted by molar-refractivity contribution is -0.138. The molecule has 1 aromatic carbocycles. The van der Waals surface area contributed by atoms with Crippen LogP contribution in [0.2, 0.25) is 0 Å². The van der Waals surface area contributed by atoms with Crippen LogP contribution in [0, 0.1) is 11.8 Å². The fraction of sp³-hybridized carbons (Fsp3) is 0.583. The highest BCUT2D eigenvalue weighted by Gasteiger charge is 2.34. The first-order valence-corrected chi connectivity index (χ1v) is 11.3. The average Bonchev–Trinajstić information content (AvgIpc) is 3.25. The number of benzene rings is 1. The van der Waals surface area contributed by atoms with Gasteiger partial charge in [-0.25, -0.2) is 4.68 Å². The molecular weight excluding hydrogens is 376 g/mol. The molecule has 0 aliphatic carbocycles. The Hall–Kier alpha value is -2.18. The number of hydrogen-bond acceptors (Lipinski definition) is 4. The largest absolute Gasteiger partial charge is 0.383 e. The van der Waals surface area contributed by atoms with Crippen LogP contribution >= 0.6 is 0 Å². The molecule has 0 unspecified atom stereocenters. The summed E-state index contributed by atoms with van der Waals surface area (Å²) in [7, 11) is 1.71. The first-order chi connectivity index (χ1) is 14.7. The van der Waals surface area contributed by atoms with Crippen molar-refractivity contribution in [3.8, 4) is 5.69 Å². The van der Waals surface area contributed by atoms with Crippen LogP contribution in [0.3, 0.4) is 0 Å². The van der Waals surface area contributed by atoms with E-state index in [1.807, 2.05) is 16.9 Å². The van der Waals surface area contributed by atoms with Crippen molar-refractivity contribution in [2.24, 2.45) is 11.8 Å². The Morgan fingerprint density at radius 3 is 2.57 bits per heavy atom. The van der Waals surface area contributed by atoms with E-state index < -0.39 is 0 Å². The minimum Gasteiger partial charge on any atom is -0.383 e. The molecular formula is C24H34N4O2. The highest BCUT2D eigenvalue weighted by atomic mass is 16.5. The van der Waals surface area contributed by atoms with Crippen molar-refractivity contribution in [3.63, 3.8) is 0 Å². The molecule has 2 aliphatic rings. The van der Waals surface area contributed by atoms with Crippen LogP contribution in [0.4, 0.5) is 0 Å². The fourth-order valence-corrected chi connectivity index (χ4v) is 4.94. The van der Waals surface area contributed by atoms with E-state index in [1.165, 1.54) is 12.0 Å². The van der Waals surface area contributed by atoms with Crippen molar-refractivity contribution < 1.29 is 9.53 Å². The number of hydrogen-bond donors (Lipinski definition) is 0. The van der Waals surface area contributed by atoms with E-state index >= 15 is 0 Å². The van der Waals surface area contributed by atoms with Gasteiger partial charge in [0.2, 0.25) is 5.91 Å². The number of ether oxygens (including phenoxy) is 1. The number of likely N-dealkylation sites (tertiary alicyclic amines) is 2. The number of amides is 1. The molecule has 1 atom stereocenters. The molecule has 2 aromatic rings. The molecule has 4 rings (SSSR count). The van der Waals surface area contributed by atoms with Crippen LogP contribution < -0.4 is 0 Å². The molecule has 2 fully saturated rings. The van der Waals surface area contributed by atoms with Gasteiger partial charge >= 0.3 is 0 Å². The second-order valence-corrected chi connectivity index (χ2v) is 8.65. The third-order valence-electron chi connectivity index (χ3n) is 6.70. The summed E-state index contributed by atoms with van der Waals surface area (Å²) < 4.78 is 7.09. The van der Waals surface area contributed by atoms with Crippen LogP contribution in [-0.2, 0) is 16.1 Å². The number of aromatic nitrogens is 2. The van der Waals surface area contributed by atoms with Crippen molar-refractivity contribution in [2.45, 2.75) is 38.6 Å². The van der Waals surface area contributed by atoms with Gasteiger partial charge in [-0.1, -0.05) is 18.6 Å². The number of rotatable bonds is 7. The van der Waals surface area contributed by atoms with Crippen LogP contribution in [0.25, 0.3) is 5.69 Å². The minimum atomic E-state index is 0.208. The van der Waals surface area contributed by atoms with Gasteiger partial charge in [0.1, 0.15) is 0 Å². The SMILES string of the molecule is COCCN1CCCC[C@@H](C2CCN(Cc3ccc(-n4cccn4)cc3)CC2)C1=O. The van der Waals surface area contributed by atoms with Crippen LogP contribution in [0.15, 0.2) is 42.7 Å². The second kappa shape index (κ2) is 10.2. The third-order valence-corrected chi connectivity index (χ3v) is 6.70. The van der Waals surface area contributed by atoms with E-state index in [2.05, 4.69) is 39.2 Å². The summed E-state index contributed by atoms with van der Waals surface area (Å²) in [5.41, 5.74) is 2.42. The topological polar surface area (TPSA) is 50.6 Å². The maximum absolute atomic E-state index is 13.1. The van der Waals surface area contributed by atoms with Gasteiger partial charge in [0, 0.05) is 45.1 Å². The van der Waals surface area contributed by atoms with Crippen molar-refractivity contribution in [3.05, 3.63) is 48.3 Å². The zero-order valence-electron chi connectivity index (χ0n) is 18.1. The molecule has 0 bridgehead atoms. The van der Waals surface area contributed by atoms with E-state index in [-0.39, 0.29) is 5.92 Å². The lowest BCUT2D eigenvalue weighted by Gasteiger charge is -2.36. The fourth-order valence-electron chi connectivity index (χ4n) is 4.94. The van der Waals surface area contributed by atoms with Crippen molar-refractivity contribution in [2.75, 3.05) is 39.9 Å². The number of methoxy groups -OCH3 is 1. The number of carbonyl (C=O) groups excluding carboxylic acids is 1. The van der Waals surface area contributed by atoms with E-state index in [0.29, 0.717) is 18.4 Å². The van der Waals surface area contributed by atoms with Crippen molar-refractivity contribution in [1.29, 1.82) is 0 Å². The quantitative estimate of drug-likeness (QED) is 0.702. The molecule has 0 N–H and O–H groups in total.